The number of hydrogen-bond acceptors (Lipinski definition) is 4. The lowest BCUT2D eigenvalue weighted by Gasteiger charge is -1.99. The highest BCUT2D eigenvalue weighted by Crippen LogP contribution is 1.94. The van der Waals surface area contributed by atoms with Crippen LogP contribution in [-0.4, -0.2) is 25.7 Å². The van der Waals surface area contributed by atoms with Gasteiger partial charge in [0.25, 0.3) is 0 Å². The van der Waals surface area contributed by atoms with Crippen LogP contribution in [0, 0.1) is 0 Å². The topological polar surface area (TPSA) is 52.6 Å². The lowest BCUT2D eigenvalue weighted by Crippen LogP contribution is -2.04. The van der Waals surface area contributed by atoms with E-state index in [0.29, 0.717) is 6.61 Å². The molecular weight excluding hydrogens is 184 g/mol. The van der Waals surface area contributed by atoms with E-state index < -0.39 is 11.9 Å². The Balaban J connectivity index is 3.55. The molecule has 80 valence electrons. The minimum atomic E-state index is -0.560. The van der Waals surface area contributed by atoms with Gasteiger partial charge in [-0.25, -0.2) is 9.59 Å². The van der Waals surface area contributed by atoms with Gasteiger partial charge in [0.2, 0.25) is 0 Å². The standard InChI is InChI=1S/C10H16O4/c1-3-4-5-8-14-10(12)7-6-9(11)13-2/h6-7H,3-5,8H2,1-2H3/b7-6+. The molecule has 0 spiro atoms. The zero-order chi connectivity index (χ0) is 10.8. The molecule has 0 aromatic heterocycles. The van der Waals surface area contributed by atoms with E-state index >= 15 is 0 Å². The summed E-state index contributed by atoms with van der Waals surface area (Å²) in [5.41, 5.74) is 0. The van der Waals surface area contributed by atoms with Crippen molar-refractivity contribution in [1.29, 1.82) is 0 Å². The van der Waals surface area contributed by atoms with Gasteiger partial charge in [-0.3, -0.25) is 0 Å². The van der Waals surface area contributed by atoms with Crippen LogP contribution in [0.4, 0.5) is 0 Å². The molecule has 0 N–H and O–H groups in total. The first-order chi connectivity index (χ1) is 6.70. The second kappa shape index (κ2) is 8.29. The molecule has 0 aliphatic rings. The Bertz CT molecular complexity index is 208. The third-order valence-corrected chi connectivity index (χ3v) is 1.55. The van der Waals surface area contributed by atoms with Crippen LogP contribution in [0.3, 0.4) is 0 Å². The van der Waals surface area contributed by atoms with Crippen molar-refractivity contribution in [2.45, 2.75) is 26.2 Å². The molecule has 0 rings (SSSR count). The van der Waals surface area contributed by atoms with Crippen LogP contribution in [0.2, 0.25) is 0 Å². The van der Waals surface area contributed by atoms with Crippen LogP contribution in [-0.2, 0) is 19.1 Å². The van der Waals surface area contributed by atoms with Gasteiger partial charge in [0.15, 0.2) is 0 Å². The van der Waals surface area contributed by atoms with Gasteiger partial charge in [0.05, 0.1) is 13.7 Å². The lowest BCUT2D eigenvalue weighted by molar-refractivity contribution is -0.139. The highest BCUT2D eigenvalue weighted by molar-refractivity contribution is 5.91. The van der Waals surface area contributed by atoms with Crippen molar-refractivity contribution in [2.75, 3.05) is 13.7 Å². The number of carbonyl (C=O) groups excluding carboxylic acids is 2. The van der Waals surface area contributed by atoms with Crippen LogP contribution in [0.15, 0.2) is 12.2 Å². The van der Waals surface area contributed by atoms with E-state index in [4.69, 9.17) is 4.74 Å². The summed E-state index contributed by atoms with van der Waals surface area (Å²) < 4.78 is 9.12. The summed E-state index contributed by atoms with van der Waals surface area (Å²) in [6.45, 7) is 2.47. The largest absolute Gasteiger partial charge is 0.466 e. The quantitative estimate of drug-likeness (QED) is 0.370. The van der Waals surface area contributed by atoms with E-state index in [1.54, 1.807) is 0 Å². The first-order valence-corrected chi connectivity index (χ1v) is 4.63. The SMILES string of the molecule is CCCCCOC(=O)/C=C/C(=O)OC. The first-order valence-electron chi connectivity index (χ1n) is 4.63. The van der Waals surface area contributed by atoms with Crippen molar-refractivity contribution in [3.8, 4) is 0 Å². The molecule has 0 fully saturated rings. The number of esters is 2. The summed E-state index contributed by atoms with van der Waals surface area (Å²) >= 11 is 0. The molecule has 0 unspecified atom stereocenters. The highest BCUT2D eigenvalue weighted by atomic mass is 16.5. The molecule has 0 aliphatic heterocycles. The monoisotopic (exact) mass is 200 g/mol. The Labute approximate surface area is 83.9 Å². The van der Waals surface area contributed by atoms with Crippen LogP contribution >= 0.6 is 0 Å². The highest BCUT2D eigenvalue weighted by Gasteiger charge is 1.98. The summed E-state index contributed by atoms with van der Waals surface area (Å²) in [6.07, 6.45) is 5.08. The van der Waals surface area contributed by atoms with Crippen LogP contribution < -0.4 is 0 Å². The third-order valence-electron chi connectivity index (χ3n) is 1.55. The summed E-state index contributed by atoms with van der Waals surface area (Å²) in [7, 11) is 1.25. The van der Waals surface area contributed by atoms with E-state index in [2.05, 4.69) is 11.7 Å². The number of hydrogen-bond donors (Lipinski definition) is 0. The molecular formula is C10H16O4. The average Bonchev–Trinajstić information content (AvgIpc) is 2.21. The van der Waals surface area contributed by atoms with E-state index in [1.165, 1.54) is 7.11 Å². The second-order valence-electron chi connectivity index (χ2n) is 2.73. The van der Waals surface area contributed by atoms with Crippen molar-refractivity contribution >= 4 is 11.9 Å². The van der Waals surface area contributed by atoms with Crippen molar-refractivity contribution in [3.05, 3.63) is 12.2 Å². The fraction of sp³-hybridized carbons (Fsp3) is 0.600. The molecule has 0 amide bonds. The first kappa shape index (κ1) is 12.7. The van der Waals surface area contributed by atoms with Crippen LogP contribution in [0.5, 0.6) is 0 Å². The Hall–Kier alpha value is -1.32. The third kappa shape index (κ3) is 7.34. The molecule has 0 aromatic rings. The van der Waals surface area contributed by atoms with Gasteiger partial charge in [-0.15, -0.1) is 0 Å². The maximum Gasteiger partial charge on any atom is 0.331 e. The second-order valence-corrected chi connectivity index (χ2v) is 2.73. The van der Waals surface area contributed by atoms with E-state index in [0.717, 1.165) is 31.4 Å². The zero-order valence-electron chi connectivity index (χ0n) is 8.62. The van der Waals surface area contributed by atoms with Crippen molar-refractivity contribution in [2.24, 2.45) is 0 Å². The van der Waals surface area contributed by atoms with E-state index in [1.807, 2.05) is 0 Å². The molecule has 0 radical (unpaired) electrons. The fourth-order valence-electron chi connectivity index (χ4n) is 0.777. The minimum Gasteiger partial charge on any atom is -0.466 e. The molecule has 0 aromatic carbocycles. The average molecular weight is 200 g/mol. The maximum atomic E-state index is 10.9. The number of rotatable bonds is 6. The molecule has 0 atom stereocenters. The predicted molar refractivity (Wildman–Crippen MR) is 51.6 cm³/mol. The Morgan fingerprint density at radius 1 is 1.14 bits per heavy atom. The van der Waals surface area contributed by atoms with Gasteiger partial charge in [0, 0.05) is 12.2 Å². The van der Waals surface area contributed by atoms with Gasteiger partial charge in [-0.2, -0.15) is 0 Å². The molecule has 0 saturated heterocycles. The minimum absolute atomic E-state index is 0.401. The van der Waals surface area contributed by atoms with Crippen molar-refractivity contribution in [1.82, 2.24) is 0 Å². The summed E-state index contributed by atoms with van der Waals surface area (Å²) in [5, 5.41) is 0. The molecule has 4 heteroatoms. The van der Waals surface area contributed by atoms with Gasteiger partial charge < -0.3 is 9.47 Å². The van der Waals surface area contributed by atoms with Gasteiger partial charge >= 0.3 is 11.9 Å². The van der Waals surface area contributed by atoms with Crippen molar-refractivity contribution < 1.29 is 19.1 Å². The molecule has 0 saturated carbocycles. The van der Waals surface area contributed by atoms with Crippen molar-refractivity contribution in [3.63, 3.8) is 0 Å². The molecule has 0 bridgehead atoms. The van der Waals surface area contributed by atoms with E-state index in [-0.39, 0.29) is 0 Å². The van der Waals surface area contributed by atoms with Crippen LogP contribution in [0.25, 0.3) is 0 Å². The van der Waals surface area contributed by atoms with Crippen LogP contribution in [0.1, 0.15) is 26.2 Å². The number of ether oxygens (including phenoxy) is 2. The molecule has 0 aliphatic carbocycles. The molecule has 4 nitrogen and oxygen atoms in total. The molecule has 14 heavy (non-hydrogen) atoms. The lowest BCUT2D eigenvalue weighted by atomic mass is 10.3. The summed E-state index contributed by atoms with van der Waals surface area (Å²) in [5.74, 6) is -1.07. The normalized spacial score (nSPS) is 10.1. The zero-order valence-corrected chi connectivity index (χ0v) is 8.62. The van der Waals surface area contributed by atoms with Gasteiger partial charge in [0.1, 0.15) is 0 Å². The van der Waals surface area contributed by atoms with E-state index in [9.17, 15) is 9.59 Å². The Morgan fingerprint density at radius 3 is 2.36 bits per heavy atom. The van der Waals surface area contributed by atoms with Gasteiger partial charge in [-0.05, 0) is 6.42 Å². The number of carbonyl (C=O) groups is 2. The smallest absolute Gasteiger partial charge is 0.331 e. The summed E-state index contributed by atoms with van der Waals surface area (Å²) in [6, 6.07) is 0. The predicted octanol–water partition coefficient (Wildman–Crippen LogP) is 1.45. The fourth-order valence-corrected chi connectivity index (χ4v) is 0.777. The molecule has 0 heterocycles. The Morgan fingerprint density at radius 2 is 1.79 bits per heavy atom. The summed E-state index contributed by atoms with van der Waals surface area (Å²) in [4.78, 5) is 21.5. The Kier molecular flexibility index (Phi) is 7.50. The van der Waals surface area contributed by atoms with Gasteiger partial charge in [-0.1, -0.05) is 19.8 Å². The number of unbranched alkanes of at least 4 members (excludes halogenated alkanes) is 2. The maximum absolute atomic E-state index is 10.9. The number of methoxy groups -OCH3 is 1.